The van der Waals surface area contributed by atoms with Gasteiger partial charge in [0.25, 0.3) is 0 Å². The largest absolute Gasteiger partial charge is 0.339 e. The molecule has 1 aromatic rings. The van der Waals surface area contributed by atoms with Gasteiger partial charge in [-0.25, -0.2) is 0 Å². The molecular weight excluding hydrogens is 268 g/mol. The predicted molar refractivity (Wildman–Crippen MR) is 74.9 cm³/mol. The number of carbonyl (C=O) groups is 1. The van der Waals surface area contributed by atoms with Gasteiger partial charge in [0, 0.05) is 31.9 Å². The first-order valence-electron chi connectivity index (χ1n) is 5.99. The number of amides is 1. The number of thioether (sulfide) groups is 1. The van der Waals surface area contributed by atoms with Crippen molar-refractivity contribution in [1.29, 1.82) is 0 Å². The molecule has 18 heavy (non-hydrogen) atoms. The molecule has 1 fully saturated rings. The normalized spacial score (nSPS) is 17.1. The van der Waals surface area contributed by atoms with E-state index >= 15 is 0 Å². The number of piperazine rings is 1. The number of hydrogen-bond acceptors (Lipinski definition) is 6. The molecule has 1 aliphatic rings. The Morgan fingerprint density at radius 3 is 2.67 bits per heavy atom. The number of likely N-dealkylation sites (N-methyl/N-ethyl adjacent to an activating group) is 1. The van der Waals surface area contributed by atoms with Crippen LogP contribution in [0.15, 0.2) is 0 Å². The number of aryl methyl sites for hydroxylation is 1. The second kappa shape index (κ2) is 6.49. The Morgan fingerprint density at radius 1 is 1.33 bits per heavy atom. The quantitative estimate of drug-likeness (QED) is 0.821. The molecule has 0 unspecified atom stereocenters. The lowest BCUT2D eigenvalue weighted by Gasteiger charge is -2.32. The van der Waals surface area contributed by atoms with E-state index in [9.17, 15) is 4.79 Å². The maximum atomic E-state index is 12.0. The van der Waals surface area contributed by atoms with Gasteiger partial charge in [-0.15, -0.1) is 11.8 Å². The summed E-state index contributed by atoms with van der Waals surface area (Å²) in [6, 6.07) is 0. The minimum atomic E-state index is 0.244. The van der Waals surface area contributed by atoms with E-state index in [4.69, 9.17) is 0 Å². The first-order valence-corrected chi connectivity index (χ1v) is 7.87. The molecule has 0 N–H and O–H groups in total. The molecule has 0 spiro atoms. The van der Waals surface area contributed by atoms with Crippen LogP contribution in [0.2, 0.25) is 0 Å². The summed E-state index contributed by atoms with van der Waals surface area (Å²) < 4.78 is 8.34. The highest BCUT2D eigenvalue weighted by Crippen LogP contribution is 2.15. The van der Waals surface area contributed by atoms with Crippen LogP contribution in [0.5, 0.6) is 0 Å². The second-order valence-electron chi connectivity index (χ2n) is 4.47. The lowest BCUT2D eigenvalue weighted by molar-refractivity contribution is -0.129. The molecule has 0 atom stereocenters. The fraction of sp³-hybridized carbons (Fsp3) is 0.727. The summed E-state index contributed by atoms with van der Waals surface area (Å²) in [6.07, 6.45) is 0. The number of aromatic nitrogens is 2. The zero-order chi connectivity index (χ0) is 13.0. The van der Waals surface area contributed by atoms with Crippen LogP contribution in [-0.2, 0) is 10.5 Å². The fourth-order valence-electron chi connectivity index (χ4n) is 1.76. The third-order valence-electron chi connectivity index (χ3n) is 3.07. The lowest BCUT2D eigenvalue weighted by Crippen LogP contribution is -2.47. The Morgan fingerprint density at radius 2 is 2.06 bits per heavy atom. The fourth-order valence-corrected chi connectivity index (χ4v) is 3.33. The molecule has 0 saturated carbocycles. The summed E-state index contributed by atoms with van der Waals surface area (Å²) >= 11 is 2.87. The van der Waals surface area contributed by atoms with Crippen molar-refractivity contribution in [3.8, 4) is 0 Å². The van der Waals surface area contributed by atoms with E-state index in [0.29, 0.717) is 5.75 Å². The van der Waals surface area contributed by atoms with Gasteiger partial charge in [-0.2, -0.15) is 8.75 Å². The zero-order valence-electron chi connectivity index (χ0n) is 10.8. The monoisotopic (exact) mass is 286 g/mol. The van der Waals surface area contributed by atoms with Gasteiger partial charge in [-0.1, -0.05) is 0 Å². The number of nitrogens with zero attached hydrogens (tertiary/aromatic N) is 4. The lowest BCUT2D eigenvalue weighted by atomic mass is 10.3. The molecule has 0 aliphatic carbocycles. The topological polar surface area (TPSA) is 49.3 Å². The molecule has 5 nitrogen and oxygen atoms in total. The van der Waals surface area contributed by atoms with E-state index in [-0.39, 0.29) is 5.91 Å². The van der Waals surface area contributed by atoms with Crippen molar-refractivity contribution in [3.63, 3.8) is 0 Å². The smallest absolute Gasteiger partial charge is 0.232 e. The first kappa shape index (κ1) is 13.8. The van der Waals surface area contributed by atoms with Crippen molar-refractivity contribution in [2.45, 2.75) is 12.7 Å². The van der Waals surface area contributed by atoms with E-state index < -0.39 is 0 Å². The molecule has 0 radical (unpaired) electrons. The van der Waals surface area contributed by atoms with Crippen LogP contribution < -0.4 is 0 Å². The van der Waals surface area contributed by atoms with Gasteiger partial charge in [-0.3, -0.25) is 4.79 Å². The molecule has 0 bridgehead atoms. The Balaban J connectivity index is 1.70. The SMILES string of the molecule is Cc1nsnc1CSCC(=O)N1CCN(C)CC1. The summed E-state index contributed by atoms with van der Waals surface area (Å²) in [5, 5.41) is 0. The van der Waals surface area contributed by atoms with Crippen molar-refractivity contribution in [2.75, 3.05) is 39.0 Å². The summed E-state index contributed by atoms with van der Waals surface area (Å²) in [4.78, 5) is 16.2. The van der Waals surface area contributed by atoms with Crippen molar-refractivity contribution in [3.05, 3.63) is 11.4 Å². The van der Waals surface area contributed by atoms with Crippen LogP contribution in [0.4, 0.5) is 0 Å². The van der Waals surface area contributed by atoms with Crippen LogP contribution >= 0.6 is 23.5 Å². The van der Waals surface area contributed by atoms with Gasteiger partial charge in [-0.05, 0) is 14.0 Å². The van der Waals surface area contributed by atoms with Crippen LogP contribution in [-0.4, -0.2) is 63.4 Å². The molecule has 1 aromatic heterocycles. The summed E-state index contributed by atoms with van der Waals surface area (Å²) in [5.74, 6) is 1.57. The standard InChI is InChI=1S/C11H18N4OS2/c1-9-10(13-18-12-9)7-17-8-11(16)15-5-3-14(2)4-6-15/h3-8H2,1-2H3. The van der Waals surface area contributed by atoms with Crippen molar-refractivity contribution < 1.29 is 4.79 Å². The third kappa shape index (κ3) is 3.66. The minimum Gasteiger partial charge on any atom is -0.339 e. The predicted octanol–water partition coefficient (Wildman–Crippen LogP) is 0.854. The van der Waals surface area contributed by atoms with Gasteiger partial charge >= 0.3 is 0 Å². The average molecular weight is 286 g/mol. The number of rotatable bonds is 4. The first-order chi connectivity index (χ1) is 8.66. The van der Waals surface area contributed by atoms with Crippen LogP contribution in [0.1, 0.15) is 11.4 Å². The van der Waals surface area contributed by atoms with E-state index in [2.05, 4.69) is 20.7 Å². The Kier molecular flexibility index (Phi) is 4.96. The minimum absolute atomic E-state index is 0.244. The highest BCUT2D eigenvalue weighted by atomic mass is 32.2. The van der Waals surface area contributed by atoms with Crippen molar-refractivity contribution >= 4 is 29.4 Å². The highest BCUT2D eigenvalue weighted by molar-refractivity contribution is 7.99. The Bertz CT molecular complexity index is 402. The van der Waals surface area contributed by atoms with Crippen molar-refractivity contribution in [2.24, 2.45) is 0 Å². The second-order valence-corrected chi connectivity index (χ2v) is 5.99. The maximum absolute atomic E-state index is 12.0. The maximum Gasteiger partial charge on any atom is 0.232 e. The van der Waals surface area contributed by atoms with E-state index in [1.165, 1.54) is 11.7 Å². The van der Waals surface area contributed by atoms with Crippen LogP contribution in [0, 0.1) is 6.92 Å². The summed E-state index contributed by atoms with van der Waals surface area (Å²) in [6.45, 7) is 5.62. The van der Waals surface area contributed by atoms with Crippen LogP contribution in [0.3, 0.4) is 0 Å². The van der Waals surface area contributed by atoms with E-state index in [0.717, 1.165) is 43.3 Å². The molecule has 7 heteroatoms. The highest BCUT2D eigenvalue weighted by Gasteiger charge is 2.18. The van der Waals surface area contributed by atoms with Gasteiger partial charge in [0.05, 0.1) is 28.9 Å². The van der Waals surface area contributed by atoms with Gasteiger partial charge < -0.3 is 9.80 Å². The average Bonchev–Trinajstić information content (AvgIpc) is 2.76. The third-order valence-corrected chi connectivity index (χ3v) is 4.65. The van der Waals surface area contributed by atoms with Gasteiger partial charge in [0.1, 0.15) is 0 Å². The molecule has 1 saturated heterocycles. The summed E-state index contributed by atoms with van der Waals surface area (Å²) in [7, 11) is 2.09. The zero-order valence-corrected chi connectivity index (χ0v) is 12.4. The molecule has 2 heterocycles. The van der Waals surface area contributed by atoms with Gasteiger partial charge in [0.15, 0.2) is 0 Å². The van der Waals surface area contributed by atoms with Crippen LogP contribution in [0.25, 0.3) is 0 Å². The molecular formula is C11H18N4OS2. The Hall–Kier alpha value is -0.660. The van der Waals surface area contributed by atoms with Crippen molar-refractivity contribution in [1.82, 2.24) is 18.5 Å². The van der Waals surface area contributed by atoms with Gasteiger partial charge in [0.2, 0.25) is 5.91 Å². The summed E-state index contributed by atoms with van der Waals surface area (Å²) in [5.41, 5.74) is 2.00. The molecule has 1 aliphatic heterocycles. The van der Waals surface area contributed by atoms with E-state index in [1.807, 2.05) is 11.8 Å². The number of hydrogen-bond donors (Lipinski definition) is 0. The molecule has 2 rings (SSSR count). The molecule has 1 amide bonds. The van der Waals surface area contributed by atoms with E-state index in [1.54, 1.807) is 11.8 Å². The molecule has 0 aromatic carbocycles. The molecule has 100 valence electrons. The number of carbonyl (C=O) groups excluding carboxylic acids is 1. The Labute approximate surface area is 116 Å².